The highest BCUT2D eigenvalue weighted by Gasteiger charge is 2.18. The fourth-order valence-electron chi connectivity index (χ4n) is 2.09. The predicted molar refractivity (Wildman–Crippen MR) is 71.8 cm³/mol. The Morgan fingerprint density at radius 2 is 1.81 bits per heavy atom. The zero-order valence-corrected chi connectivity index (χ0v) is 10.3. The third kappa shape index (κ3) is 2.27. The van der Waals surface area contributed by atoms with Crippen LogP contribution < -0.4 is 10.6 Å². The Bertz CT molecular complexity index is 384. The van der Waals surface area contributed by atoms with Gasteiger partial charge in [0.25, 0.3) is 0 Å². The van der Waals surface area contributed by atoms with E-state index in [1.165, 1.54) is 11.3 Å². The second kappa shape index (κ2) is 4.70. The molecule has 1 aromatic carbocycles. The van der Waals surface area contributed by atoms with Crippen molar-refractivity contribution in [3.05, 3.63) is 29.8 Å². The molecule has 0 radical (unpaired) electrons. The molecule has 1 saturated heterocycles. The highest BCUT2D eigenvalue weighted by Crippen LogP contribution is 2.20. The van der Waals surface area contributed by atoms with Crippen molar-refractivity contribution in [2.75, 3.05) is 31.1 Å². The molecule has 1 fully saturated rings. The molecule has 0 unspecified atom stereocenters. The summed E-state index contributed by atoms with van der Waals surface area (Å²) in [5.74, 6) is 0. The number of benzene rings is 1. The molecule has 0 saturated carbocycles. The molecule has 16 heavy (non-hydrogen) atoms. The van der Waals surface area contributed by atoms with Crippen LogP contribution in [0.1, 0.15) is 5.56 Å². The van der Waals surface area contributed by atoms with Crippen LogP contribution in [-0.2, 0) is 0 Å². The Labute approximate surface area is 102 Å². The highest BCUT2D eigenvalue weighted by molar-refractivity contribution is 7.80. The number of aryl methyl sites for hydroxylation is 1. The number of piperazine rings is 1. The largest absolute Gasteiger partial charge is 0.376 e. The van der Waals surface area contributed by atoms with Crippen molar-refractivity contribution in [2.45, 2.75) is 6.92 Å². The molecule has 4 heteroatoms. The molecule has 0 spiro atoms. The van der Waals surface area contributed by atoms with Crippen molar-refractivity contribution < 1.29 is 0 Å². The van der Waals surface area contributed by atoms with Gasteiger partial charge in [0.15, 0.2) is 5.11 Å². The van der Waals surface area contributed by atoms with E-state index in [4.69, 9.17) is 18.0 Å². The van der Waals surface area contributed by atoms with Crippen molar-refractivity contribution in [1.82, 2.24) is 4.90 Å². The van der Waals surface area contributed by atoms with Gasteiger partial charge in [-0.05, 0) is 30.8 Å². The summed E-state index contributed by atoms with van der Waals surface area (Å²) in [6, 6.07) is 8.48. The van der Waals surface area contributed by atoms with E-state index in [0.717, 1.165) is 26.2 Å². The average Bonchev–Trinajstić information content (AvgIpc) is 2.30. The summed E-state index contributed by atoms with van der Waals surface area (Å²) >= 11 is 4.98. The number of hydrogen-bond donors (Lipinski definition) is 1. The zero-order valence-electron chi connectivity index (χ0n) is 9.52. The maximum atomic E-state index is 5.62. The van der Waals surface area contributed by atoms with Crippen LogP contribution in [-0.4, -0.2) is 36.2 Å². The van der Waals surface area contributed by atoms with Gasteiger partial charge in [-0.15, -0.1) is 0 Å². The molecule has 1 heterocycles. The number of para-hydroxylation sites is 1. The molecular formula is C12H17N3S. The van der Waals surface area contributed by atoms with Gasteiger partial charge in [0, 0.05) is 31.9 Å². The SMILES string of the molecule is Cc1ccccc1N1CCN(C(N)=S)CC1. The highest BCUT2D eigenvalue weighted by atomic mass is 32.1. The standard InChI is InChI=1S/C12H17N3S/c1-10-4-2-3-5-11(10)14-6-8-15(9-7-14)12(13)16/h2-5H,6-9H2,1H3,(H2,13,16). The Morgan fingerprint density at radius 3 is 2.38 bits per heavy atom. The molecule has 0 amide bonds. The molecule has 86 valence electrons. The first-order valence-electron chi connectivity index (χ1n) is 5.53. The van der Waals surface area contributed by atoms with Crippen molar-refractivity contribution >= 4 is 23.0 Å². The molecule has 1 aliphatic rings. The molecule has 1 aromatic rings. The third-order valence-electron chi connectivity index (χ3n) is 3.05. The molecular weight excluding hydrogens is 218 g/mol. The first kappa shape index (κ1) is 11.2. The minimum atomic E-state index is 0.518. The number of thiocarbonyl (C=S) groups is 1. The van der Waals surface area contributed by atoms with E-state index >= 15 is 0 Å². The lowest BCUT2D eigenvalue weighted by atomic mass is 10.1. The van der Waals surface area contributed by atoms with Crippen LogP contribution in [0.4, 0.5) is 5.69 Å². The third-order valence-corrected chi connectivity index (χ3v) is 3.31. The lowest BCUT2D eigenvalue weighted by Gasteiger charge is -2.37. The predicted octanol–water partition coefficient (Wildman–Crippen LogP) is 1.36. The lowest BCUT2D eigenvalue weighted by molar-refractivity contribution is 0.388. The van der Waals surface area contributed by atoms with E-state index in [2.05, 4.69) is 41.0 Å². The quantitative estimate of drug-likeness (QED) is 0.745. The van der Waals surface area contributed by atoms with Gasteiger partial charge in [0.05, 0.1) is 0 Å². The molecule has 0 aliphatic carbocycles. The summed E-state index contributed by atoms with van der Waals surface area (Å²) in [5, 5.41) is 0.518. The molecule has 2 N–H and O–H groups in total. The van der Waals surface area contributed by atoms with Gasteiger partial charge in [-0.1, -0.05) is 18.2 Å². The van der Waals surface area contributed by atoms with E-state index in [9.17, 15) is 0 Å². The number of nitrogens with two attached hydrogens (primary N) is 1. The minimum absolute atomic E-state index is 0.518. The fourth-order valence-corrected chi connectivity index (χ4v) is 2.27. The molecule has 3 nitrogen and oxygen atoms in total. The molecule has 0 atom stereocenters. The minimum Gasteiger partial charge on any atom is -0.376 e. The Balaban J connectivity index is 2.05. The zero-order chi connectivity index (χ0) is 11.5. The summed E-state index contributed by atoms with van der Waals surface area (Å²) in [4.78, 5) is 4.45. The van der Waals surface area contributed by atoms with Gasteiger partial charge in [-0.3, -0.25) is 0 Å². The Kier molecular flexibility index (Phi) is 3.29. The van der Waals surface area contributed by atoms with Crippen LogP contribution in [0.3, 0.4) is 0 Å². The second-order valence-electron chi connectivity index (χ2n) is 4.10. The number of anilines is 1. The van der Waals surface area contributed by atoms with Crippen LogP contribution in [0.2, 0.25) is 0 Å². The second-order valence-corrected chi connectivity index (χ2v) is 4.52. The van der Waals surface area contributed by atoms with E-state index in [-0.39, 0.29) is 0 Å². The first-order valence-corrected chi connectivity index (χ1v) is 5.94. The lowest BCUT2D eigenvalue weighted by Crippen LogP contribution is -2.50. The summed E-state index contributed by atoms with van der Waals surface area (Å²) in [7, 11) is 0. The monoisotopic (exact) mass is 235 g/mol. The van der Waals surface area contributed by atoms with Gasteiger partial charge >= 0.3 is 0 Å². The van der Waals surface area contributed by atoms with Crippen molar-refractivity contribution in [1.29, 1.82) is 0 Å². The van der Waals surface area contributed by atoms with Crippen LogP contribution in [0.15, 0.2) is 24.3 Å². The van der Waals surface area contributed by atoms with Crippen LogP contribution >= 0.6 is 12.2 Å². The van der Waals surface area contributed by atoms with Crippen LogP contribution in [0, 0.1) is 6.92 Å². The Morgan fingerprint density at radius 1 is 1.19 bits per heavy atom. The van der Waals surface area contributed by atoms with Crippen molar-refractivity contribution in [3.63, 3.8) is 0 Å². The van der Waals surface area contributed by atoms with Gasteiger partial charge in [-0.2, -0.15) is 0 Å². The van der Waals surface area contributed by atoms with Crippen LogP contribution in [0.5, 0.6) is 0 Å². The van der Waals surface area contributed by atoms with Crippen molar-refractivity contribution in [2.24, 2.45) is 5.73 Å². The van der Waals surface area contributed by atoms with Gasteiger partial charge < -0.3 is 15.5 Å². The molecule has 0 bridgehead atoms. The van der Waals surface area contributed by atoms with Gasteiger partial charge in [0.1, 0.15) is 0 Å². The Hall–Kier alpha value is -1.29. The molecule has 2 rings (SSSR count). The maximum Gasteiger partial charge on any atom is 0.166 e. The van der Waals surface area contributed by atoms with E-state index in [1.807, 2.05) is 0 Å². The summed E-state index contributed by atoms with van der Waals surface area (Å²) in [6.45, 7) is 5.97. The summed E-state index contributed by atoms with van der Waals surface area (Å²) in [6.07, 6.45) is 0. The fraction of sp³-hybridized carbons (Fsp3) is 0.417. The number of rotatable bonds is 1. The normalized spacial score (nSPS) is 16.3. The summed E-state index contributed by atoms with van der Waals surface area (Å²) in [5.41, 5.74) is 8.27. The van der Waals surface area contributed by atoms with Crippen LogP contribution in [0.25, 0.3) is 0 Å². The van der Waals surface area contributed by atoms with Gasteiger partial charge in [-0.25, -0.2) is 0 Å². The van der Waals surface area contributed by atoms with E-state index < -0.39 is 0 Å². The van der Waals surface area contributed by atoms with E-state index in [0.29, 0.717) is 5.11 Å². The molecule has 1 aliphatic heterocycles. The van der Waals surface area contributed by atoms with Gasteiger partial charge in [0.2, 0.25) is 0 Å². The number of nitrogens with zero attached hydrogens (tertiary/aromatic N) is 2. The summed E-state index contributed by atoms with van der Waals surface area (Å²) < 4.78 is 0. The topological polar surface area (TPSA) is 32.5 Å². The van der Waals surface area contributed by atoms with E-state index in [1.54, 1.807) is 0 Å². The smallest absolute Gasteiger partial charge is 0.166 e. The first-order chi connectivity index (χ1) is 7.68. The molecule has 0 aromatic heterocycles. The average molecular weight is 235 g/mol. The van der Waals surface area contributed by atoms with Crippen molar-refractivity contribution in [3.8, 4) is 0 Å². The maximum absolute atomic E-state index is 5.62. The number of hydrogen-bond acceptors (Lipinski definition) is 2.